The number of carbonyl (C=O) groups excluding carboxylic acids is 1. The smallest absolute Gasteiger partial charge is 0.234 e. The molecule has 2 aliphatic rings. The van der Waals surface area contributed by atoms with E-state index in [-0.39, 0.29) is 17.6 Å². The summed E-state index contributed by atoms with van der Waals surface area (Å²) in [6, 6.07) is 13.6. The van der Waals surface area contributed by atoms with E-state index >= 15 is 0 Å². The van der Waals surface area contributed by atoms with E-state index in [0.29, 0.717) is 6.54 Å². The van der Waals surface area contributed by atoms with E-state index in [1.807, 2.05) is 30.3 Å². The number of aromatic hydroxyl groups is 1. The molecule has 21 heavy (non-hydrogen) atoms. The summed E-state index contributed by atoms with van der Waals surface area (Å²) in [6.07, 6.45) is 2.69. The van der Waals surface area contributed by atoms with Crippen molar-refractivity contribution >= 4 is 11.6 Å². The molecule has 3 heteroatoms. The molecule has 1 N–H and O–H groups in total. The van der Waals surface area contributed by atoms with Crippen molar-refractivity contribution in [3.63, 3.8) is 0 Å². The van der Waals surface area contributed by atoms with Gasteiger partial charge in [-0.2, -0.15) is 0 Å². The Hall–Kier alpha value is -2.29. The monoisotopic (exact) mass is 279 g/mol. The number of phenolic OH excluding ortho intramolecular Hbond substituents is 1. The lowest BCUT2D eigenvalue weighted by Gasteiger charge is -2.37. The summed E-state index contributed by atoms with van der Waals surface area (Å²) < 4.78 is 0. The Morgan fingerprint density at radius 2 is 1.90 bits per heavy atom. The molecule has 0 bridgehead atoms. The molecule has 1 unspecified atom stereocenters. The van der Waals surface area contributed by atoms with Crippen molar-refractivity contribution in [2.45, 2.75) is 25.2 Å². The molecule has 1 atom stereocenters. The van der Waals surface area contributed by atoms with Crippen molar-refractivity contribution in [1.29, 1.82) is 0 Å². The number of fused-ring (bicyclic) bond motifs is 2. The zero-order valence-corrected chi connectivity index (χ0v) is 11.7. The summed E-state index contributed by atoms with van der Waals surface area (Å²) in [7, 11) is 0. The number of benzene rings is 2. The number of para-hydroxylation sites is 1. The van der Waals surface area contributed by atoms with Crippen LogP contribution in [0.3, 0.4) is 0 Å². The number of aryl methyl sites for hydroxylation is 1. The lowest BCUT2D eigenvalue weighted by Crippen LogP contribution is -2.42. The van der Waals surface area contributed by atoms with E-state index in [4.69, 9.17) is 0 Å². The summed E-state index contributed by atoms with van der Waals surface area (Å²) in [5.41, 5.74) is 4.20. The second kappa shape index (κ2) is 4.62. The first-order chi connectivity index (χ1) is 10.3. The maximum atomic E-state index is 12.9. The van der Waals surface area contributed by atoms with Crippen LogP contribution in [0.5, 0.6) is 5.75 Å². The molecule has 1 aliphatic carbocycles. The molecular weight excluding hydrogens is 262 g/mol. The van der Waals surface area contributed by atoms with Crippen molar-refractivity contribution < 1.29 is 9.90 Å². The Balaban J connectivity index is 1.69. The van der Waals surface area contributed by atoms with Crippen LogP contribution in [-0.2, 0) is 17.6 Å². The Kier molecular flexibility index (Phi) is 2.74. The van der Waals surface area contributed by atoms with Gasteiger partial charge in [0.1, 0.15) is 5.75 Å². The molecule has 106 valence electrons. The lowest BCUT2D eigenvalue weighted by molar-refractivity contribution is -0.120. The van der Waals surface area contributed by atoms with Crippen LogP contribution >= 0.6 is 0 Å². The van der Waals surface area contributed by atoms with Crippen LogP contribution in [0.15, 0.2) is 42.5 Å². The standard InChI is InChI=1S/C18H17NO2/c20-16-9-3-6-12-7-4-10-19(17(12)16)18(21)15-11-13-5-1-2-8-14(13)15/h1-3,5-6,8-9,15,20H,4,7,10-11H2. The molecule has 3 nitrogen and oxygen atoms in total. The zero-order valence-electron chi connectivity index (χ0n) is 11.7. The lowest BCUT2D eigenvalue weighted by atomic mass is 9.76. The van der Waals surface area contributed by atoms with Crippen LogP contribution < -0.4 is 4.90 Å². The minimum atomic E-state index is -0.0493. The number of anilines is 1. The van der Waals surface area contributed by atoms with Crippen molar-refractivity contribution in [3.8, 4) is 5.75 Å². The van der Waals surface area contributed by atoms with Crippen molar-refractivity contribution in [2.24, 2.45) is 0 Å². The number of hydrogen-bond acceptors (Lipinski definition) is 2. The average molecular weight is 279 g/mol. The highest BCUT2D eigenvalue weighted by molar-refractivity contribution is 6.01. The van der Waals surface area contributed by atoms with Crippen molar-refractivity contribution in [3.05, 3.63) is 59.2 Å². The van der Waals surface area contributed by atoms with Gasteiger partial charge in [0.25, 0.3) is 0 Å². The predicted octanol–water partition coefficient (Wildman–Crippen LogP) is 3.01. The van der Waals surface area contributed by atoms with Gasteiger partial charge >= 0.3 is 0 Å². The summed E-state index contributed by atoms with van der Waals surface area (Å²) in [5.74, 6) is 0.288. The maximum Gasteiger partial charge on any atom is 0.234 e. The fourth-order valence-electron chi connectivity index (χ4n) is 3.52. The maximum absolute atomic E-state index is 12.9. The van der Waals surface area contributed by atoms with Crippen LogP contribution in [-0.4, -0.2) is 17.6 Å². The third-order valence-corrected chi connectivity index (χ3v) is 4.61. The van der Waals surface area contributed by atoms with Crippen LogP contribution in [0.1, 0.15) is 29.0 Å². The topological polar surface area (TPSA) is 40.5 Å². The van der Waals surface area contributed by atoms with E-state index in [9.17, 15) is 9.90 Å². The molecule has 1 aliphatic heterocycles. The molecule has 2 aromatic rings. The first-order valence-electron chi connectivity index (χ1n) is 7.46. The number of amides is 1. The molecule has 2 aromatic carbocycles. The number of rotatable bonds is 1. The Morgan fingerprint density at radius 1 is 1.10 bits per heavy atom. The van der Waals surface area contributed by atoms with Gasteiger partial charge in [0.15, 0.2) is 0 Å². The Labute approximate surface area is 123 Å². The van der Waals surface area contributed by atoms with Gasteiger partial charge in [0, 0.05) is 6.54 Å². The van der Waals surface area contributed by atoms with Gasteiger partial charge < -0.3 is 10.0 Å². The molecular formula is C18H17NO2. The Bertz CT molecular complexity index is 723. The molecule has 0 radical (unpaired) electrons. The van der Waals surface area contributed by atoms with Crippen LogP contribution in [0, 0.1) is 0 Å². The predicted molar refractivity (Wildman–Crippen MR) is 81.7 cm³/mol. The highest BCUT2D eigenvalue weighted by Gasteiger charge is 2.37. The van der Waals surface area contributed by atoms with Crippen molar-refractivity contribution in [2.75, 3.05) is 11.4 Å². The molecule has 0 saturated carbocycles. The van der Waals surface area contributed by atoms with E-state index in [1.54, 1.807) is 11.0 Å². The second-order valence-electron chi connectivity index (χ2n) is 5.83. The van der Waals surface area contributed by atoms with E-state index in [0.717, 1.165) is 36.1 Å². The van der Waals surface area contributed by atoms with E-state index in [2.05, 4.69) is 6.07 Å². The third kappa shape index (κ3) is 1.84. The van der Waals surface area contributed by atoms with Gasteiger partial charge in [0.05, 0.1) is 11.6 Å². The molecule has 1 heterocycles. The van der Waals surface area contributed by atoms with Gasteiger partial charge in [-0.25, -0.2) is 0 Å². The fraction of sp³-hybridized carbons (Fsp3) is 0.278. The number of carbonyl (C=O) groups is 1. The number of phenols is 1. The fourth-order valence-corrected chi connectivity index (χ4v) is 3.52. The zero-order chi connectivity index (χ0) is 14.4. The first-order valence-corrected chi connectivity index (χ1v) is 7.46. The van der Waals surface area contributed by atoms with Crippen LogP contribution in [0.4, 0.5) is 5.69 Å². The van der Waals surface area contributed by atoms with Gasteiger partial charge in [-0.1, -0.05) is 36.4 Å². The summed E-state index contributed by atoms with van der Waals surface area (Å²) in [4.78, 5) is 14.7. The summed E-state index contributed by atoms with van der Waals surface area (Å²) >= 11 is 0. The molecule has 0 spiro atoms. The van der Waals surface area contributed by atoms with Crippen LogP contribution in [0.2, 0.25) is 0 Å². The number of hydrogen-bond donors (Lipinski definition) is 1. The van der Waals surface area contributed by atoms with E-state index in [1.165, 1.54) is 5.56 Å². The molecule has 0 fully saturated rings. The second-order valence-corrected chi connectivity index (χ2v) is 5.83. The SMILES string of the molecule is O=C(C1Cc2ccccc21)N1CCCc2cccc(O)c21. The minimum absolute atomic E-state index is 0.0493. The largest absolute Gasteiger partial charge is 0.506 e. The van der Waals surface area contributed by atoms with Gasteiger partial charge in [-0.15, -0.1) is 0 Å². The summed E-state index contributed by atoms with van der Waals surface area (Å²) in [6.45, 7) is 0.697. The average Bonchev–Trinajstić information content (AvgIpc) is 2.48. The first kappa shape index (κ1) is 12.5. The van der Waals surface area contributed by atoms with Gasteiger partial charge in [0.2, 0.25) is 5.91 Å². The Morgan fingerprint density at radius 3 is 2.76 bits per heavy atom. The molecule has 0 aromatic heterocycles. The summed E-state index contributed by atoms with van der Waals surface area (Å²) in [5, 5.41) is 10.1. The minimum Gasteiger partial charge on any atom is -0.506 e. The normalized spacial score (nSPS) is 19.4. The number of nitrogens with zero attached hydrogens (tertiary/aromatic N) is 1. The highest BCUT2D eigenvalue weighted by atomic mass is 16.3. The highest BCUT2D eigenvalue weighted by Crippen LogP contribution is 2.41. The van der Waals surface area contributed by atoms with Gasteiger partial charge in [-0.05, 0) is 42.0 Å². The molecule has 4 rings (SSSR count). The third-order valence-electron chi connectivity index (χ3n) is 4.61. The molecule has 1 amide bonds. The van der Waals surface area contributed by atoms with Gasteiger partial charge in [-0.3, -0.25) is 4.79 Å². The van der Waals surface area contributed by atoms with Crippen LogP contribution in [0.25, 0.3) is 0 Å². The quantitative estimate of drug-likeness (QED) is 0.871. The van der Waals surface area contributed by atoms with E-state index < -0.39 is 0 Å². The van der Waals surface area contributed by atoms with Crippen molar-refractivity contribution in [1.82, 2.24) is 0 Å². The molecule has 0 saturated heterocycles.